The maximum absolute atomic E-state index is 6.08. The second-order valence-corrected chi connectivity index (χ2v) is 6.07. The fourth-order valence-corrected chi connectivity index (χ4v) is 3.73. The van der Waals surface area contributed by atoms with Crippen LogP contribution in [-0.2, 0) is 6.42 Å². The van der Waals surface area contributed by atoms with Gasteiger partial charge in [-0.15, -0.1) is 0 Å². The quantitative estimate of drug-likeness (QED) is 0.885. The van der Waals surface area contributed by atoms with E-state index in [1.54, 1.807) is 0 Å². The lowest BCUT2D eigenvalue weighted by Gasteiger charge is -2.39. The smallest absolute Gasteiger partial charge is 0.0398 e. The van der Waals surface area contributed by atoms with Gasteiger partial charge in [-0.1, -0.05) is 31.0 Å². The van der Waals surface area contributed by atoms with Gasteiger partial charge in [-0.3, -0.25) is 0 Å². The molecule has 18 heavy (non-hydrogen) atoms. The molecular weight excluding hydrogens is 220 g/mol. The number of nitrogens with two attached hydrogens (primary N) is 1. The van der Waals surface area contributed by atoms with Crippen molar-refractivity contribution >= 4 is 5.69 Å². The number of anilines is 1. The van der Waals surface area contributed by atoms with Gasteiger partial charge in [0.05, 0.1) is 0 Å². The summed E-state index contributed by atoms with van der Waals surface area (Å²) in [7, 11) is 0. The van der Waals surface area contributed by atoms with Gasteiger partial charge in [0, 0.05) is 24.2 Å². The molecule has 0 amide bonds. The molecule has 0 spiro atoms. The Hall–Kier alpha value is -1.02. The number of rotatable bonds is 3. The monoisotopic (exact) mass is 244 g/mol. The number of aryl methyl sites for hydroxylation is 1. The van der Waals surface area contributed by atoms with Crippen LogP contribution in [0.1, 0.15) is 37.7 Å². The molecule has 0 radical (unpaired) electrons. The molecule has 2 N–H and O–H groups in total. The van der Waals surface area contributed by atoms with E-state index in [1.807, 2.05) is 0 Å². The second-order valence-electron chi connectivity index (χ2n) is 6.07. The molecule has 1 heterocycles. The molecule has 3 rings (SSSR count). The van der Waals surface area contributed by atoms with Gasteiger partial charge in [0.2, 0.25) is 0 Å². The molecule has 1 saturated carbocycles. The molecule has 1 aromatic carbocycles. The third-order valence-electron chi connectivity index (χ3n) is 4.83. The summed E-state index contributed by atoms with van der Waals surface area (Å²) in [5.41, 5.74) is 9.46. The van der Waals surface area contributed by atoms with Crippen LogP contribution in [0.25, 0.3) is 0 Å². The maximum atomic E-state index is 6.08. The van der Waals surface area contributed by atoms with Crippen molar-refractivity contribution in [3.05, 3.63) is 29.8 Å². The first-order valence-corrected chi connectivity index (χ1v) is 7.36. The summed E-state index contributed by atoms with van der Waals surface area (Å²) in [6, 6.07) is 8.90. The zero-order valence-electron chi connectivity index (χ0n) is 11.2. The van der Waals surface area contributed by atoms with Gasteiger partial charge in [-0.05, 0) is 43.9 Å². The fourth-order valence-electron chi connectivity index (χ4n) is 3.73. The van der Waals surface area contributed by atoms with E-state index in [0.717, 1.165) is 6.54 Å². The zero-order chi connectivity index (χ0) is 12.4. The number of para-hydroxylation sites is 1. The van der Waals surface area contributed by atoms with Crippen LogP contribution < -0.4 is 10.6 Å². The molecule has 0 aromatic heterocycles. The summed E-state index contributed by atoms with van der Waals surface area (Å²) in [6.45, 7) is 3.23. The molecule has 0 saturated heterocycles. The number of nitrogens with zero attached hydrogens (tertiary/aromatic N) is 1. The van der Waals surface area contributed by atoms with Crippen molar-refractivity contribution in [1.29, 1.82) is 0 Å². The van der Waals surface area contributed by atoms with Crippen LogP contribution in [0.3, 0.4) is 0 Å². The largest absolute Gasteiger partial charge is 0.371 e. The molecule has 0 bridgehead atoms. The summed E-state index contributed by atoms with van der Waals surface area (Å²) in [6.07, 6.45) is 7.91. The van der Waals surface area contributed by atoms with Crippen molar-refractivity contribution in [2.24, 2.45) is 11.1 Å². The molecule has 1 aliphatic heterocycles. The maximum Gasteiger partial charge on any atom is 0.0398 e. The molecule has 1 fully saturated rings. The first-order valence-electron chi connectivity index (χ1n) is 7.36. The van der Waals surface area contributed by atoms with Gasteiger partial charge in [-0.25, -0.2) is 0 Å². The number of benzene rings is 1. The minimum Gasteiger partial charge on any atom is -0.371 e. The van der Waals surface area contributed by atoms with Crippen LogP contribution >= 0.6 is 0 Å². The average molecular weight is 244 g/mol. The first kappa shape index (κ1) is 12.0. The highest BCUT2D eigenvalue weighted by Crippen LogP contribution is 2.40. The third kappa shape index (κ3) is 2.14. The lowest BCUT2D eigenvalue weighted by atomic mass is 9.84. The van der Waals surface area contributed by atoms with Crippen molar-refractivity contribution in [2.75, 3.05) is 24.5 Å². The summed E-state index contributed by atoms with van der Waals surface area (Å²) in [5.74, 6) is 0. The molecule has 2 heteroatoms. The Balaban J connectivity index is 1.81. The van der Waals surface area contributed by atoms with Crippen LogP contribution in [0.15, 0.2) is 24.3 Å². The van der Waals surface area contributed by atoms with E-state index in [0.29, 0.717) is 5.41 Å². The molecule has 1 aliphatic carbocycles. The second kappa shape index (κ2) is 4.93. The number of fused-ring (bicyclic) bond motifs is 1. The minimum absolute atomic E-state index is 0.393. The Morgan fingerprint density at radius 2 is 1.89 bits per heavy atom. The molecule has 0 atom stereocenters. The average Bonchev–Trinajstić information content (AvgIpc) is 2.88. The van der Waals surface area contributed by atoms with Gasteiger partial charge in [0.1, 0.15) is 0 Å². The predicted octanol–water partition coefficient (Wildman–Crippen LogP) is 2.96. The van der Waals surface area contributed by atoms with E-state index >= 15 is 0 Å². The van der Waals surface area contributed by atoms with Crippen molar-refractivity contribution < 1.29 is 0 Å². The molecule has 1 aromatic rings. The lowest BCUT2D eigenvalue weighted by Crippen LogP contribution is -2.43. The van der Waals surface area contributed by atoms with E-state index in [1.165, 1.54) is 62.9 Å². The van der Waals surface area contributed by atoms with E-state index in [2.05, 4.69) is 29.2 Å². The van der Waals surface area contributed by atoms with E-state index < -0.39 is 0 Å². The Bertz CT molecular complexity index is 407. The Labute approximate surface area is 110 Å². The molecular formula is C16H24N2. The summed E-state index contributed by atoms with van der Waals surface area (Å²) < 4.78 is 0. The summed E-state index contributed by atoms with van der Waals surface area (Å²) >= 11 is 0. The van der Waals surface area contributed by atoms with E-state index in [9.17, 15) is 0 Å². The third-order valence-corrected chi connectivity index (χ3v) is 4.83. The van der Waals surface area contributed by atoms with Gasteiger partial charge in [0.15, 0.2) is 0 Å². The minimum atomic E-state index is 0.393. The van der Waals surface area contributed by atoms with Crippen molar-refractivity contribution in [1.82, 2.24) is 0 Å². The van der Waals surface area contributed by atoms with Gasteiger partial charge in [-0.2, -0.15) is 0 Å². The van der Waals surface area contributed by atoms with E-state index in [4.69, 9.17) is 5.73 Å². The van der Waals surface area contributed by atoms with E-state index in [-0.39, 0.29) is 0 Å². The van der Waals surface area contributed by atoms with Crippen LogP contribution in [0, 0.1) is 5.41 Å². The number of hydrogen-bond acceptors (Lipinski definition) is 2. The highest BCUT2D eigenvalue weighted by atomic mass is 15.1. The SMILES string of the molecule is NCC1(CN2CCCc3ccccc32)CCCC1. The normalized spacial score (nSPS) is 21.9. The molecule has 98 valence electrons. The Morgan fingerprint density at radius 3 is 2.67 bits per heavy atom. The molecule has 2 nitrogen and oxygen atoms in total. The van der Waals surface area contributed by atoms with Gasteiger partial charge >= 0.3 is 0 Å². The fraction of sp³-hybridized carbons (Fsp3) is 0.625. The van der Waals surface area contributed by atoms with Crippen LogP contribution in [-0.4, -0.2) is 19.6 Å². The topological polar surface area (TPSA) is 29.3 Å². The standard InChI is InChI=1S/C16H24N2/c17-12-16(9-3-4-10-16)13-18-11-5-7-14-6-1-2-8-15(14)18/h1-2,6,8H,3-5,7,9-13,17H2. The highest BCUT2D eigenvalue weighted by Gasteiger charge is 2.35. The summed E-state index contributed by atoms with van der Waals surface area (Å²) in [5, 5.41) is 0. The van der Waals surface area contributed by atoms with Crippen LogP contribution in [0.2, 0.25) is 0 Å². The molecule has 2 aliphatic rings. The molecule has 0 unspecified atom stereocenters. The van der Waals surface area contributed by atoms with Crippen LogP contribution in [0.5, 0.6) is 0 Å². The number of hydrogen-bond donors (Lipinski definition) is 1. The van der Waals surface area contributed by atoms with Crippen molar-refractivity contribution in [2.45, 2.75) is 38.5 Å². The van der Waals surface area contributed by atoms with Gasteiger partial charge in [0.25, 0.3) is 0 Å². The summed E-state index contributed by atoms with van der Waals surface area (Å²) in [4.78, 5) is 2.59. The zero-order valence-corrected chi connectivity index (χ0v) is 11.2. The van der Waals surface area contributed by atoms with Crippen molar-refractivity contribution in [3.63, 3.8) is 0 Å². The Kier molecular flexibility index (Phi) is 3.29. The predicted molar refractivity (Wildman–Crippen MR) is 76.9 cm³/mol. The van der Waals surface area contributed by atoms with Crippen LogP contribution in [0.4, 0.5) is 5.69 Å². The van der Waals surface area contributed by atoms with Gasteiger partial charge < -0.3 is 10.6 Å². The lowest BCUT2D eigenvalue weighted by molar-refractivity contribution is 0.309. The Morgan fingerprint density at radius 1 is 1.11 bits per heavy atom. The highest BCUT2D eigenvalue weighted by molar-refractivity contribution is 5.55. The van der Waals surface area contributed by atoms with Crippen molar-refractivity contribution in [3.8, 4) is 0 Å². The first-order chi connectivity index (χ1) is 8.83.